The smallest absolute Gasteiger partial charge is 0.230 e. The molecule has 2 aliphatic heterocycles. The summed E-state index contributed by atoms with van der Waals surface area (Å²) >= 11 is 0. The first-order valence-electron chi connectivity index (χ1n) is 6.01. The molecule has 0 aromatic carbocycles. The number of hydrogen-bond donors (Lipinski definition) is 0. The average Bonchev–Trinajstić information content (AvgIpc) is 2.20. The lowest BCUT2D eigenvalue weighted by Crippen LogP contribution is -2.63. The molecule has 3 nitrogen and oxygen atoms in total. The number of hydrogen-bond acceptors (Lipinski definition) is 2. The maximum absolute atomic E-state index is 11.8. The molecule has 2 aliphatic rings. The van der Waals surface area contributed by atoms with Crippen molar-refractivity contribution in [2.24, 2.45) is 11.3 Å². The molecule has 0 saturated carbocycles. The Morgan fingerprint density at radius 1 is 1.33 bits per heavy atom. The highest BCUT2D eigenvalue weighted by Crippen LogP contribution is 2.40. The summed E-state index contributed by atoms with van der Waals surface area (Å²) in [6.45, 7) is 8.90. The fourth-order valence-corrected chi connectivity index (χ4v) is 2.96. The molecular formula is C12H22N2O. The largest absolute Gasteiger partial charge is 0.344 e. The third-order valence-electron chi connectivity index (χ3n) is 3.78. The summed E-state index contributed by atoms with van der Waals surface area (Å²) in [6, 6.07) is 0. The number of nitrogens with zero attached hydrogens (tertiary/aromatic N) is 2. The van der Waals surface area contributed by atoms with Crippen LogP contribution < -0.4 is 0 Å². The normalized spacial score (nSPS) is 26.1. The third kappa shape index (κ3) is 1.89. The monoisotopic (exact) mass is 210 g/mol. The number of likely N-dealkylation sites (tertiary alicyclic amines) is 2. The van der Waals surface area contributed by atoms with Crippen LogP contribution in [0.2, 0.25) is 0 Å². The third-order valence-corrected chi connectivity index (χ3v) is 3.78. The van der Waals surface area contributed by atoms with Gasteiger partial charge in [-0.2, -0.15) is 0 Å². The maximum Gasteiger partial charge on any atom is 0.230 e. The van der Waals surface area contributed by atoms with E-state index in [-0.39, 0.29) is 5.41 Å². The van der Waals surface area contributed by atoms with Crippen molar-refractivity contribution >= 4 is 5.91 Å². The highest BCUT2D eigenvalue weighted by atomic mass is 16.2. The van der Waals surface area contributed by atoms with Crippen LogP contribution in [0.4, 0.5) is 0 Å². The fourth-order valence-electron chi connectivity index (χ4n) is 2.96. The predicted octanol–water partition coefficient (Wildman–Crippen LogP) is 1.20. The van der Waals surface area contributed by atoms with Gasteiger partial charge < -0.3 is 9.80 Å². The van der Waals surface area contributed by atoms with Gasteiger partial charge >= 0.3 is 0 Å². The number of amides is 1. The second kappa shape index (κ2) is 3.78. The van der Waals surface area contributed by atoms with Crippen LogP contribution >= 0.6 is 0 Å². The van der Waals surface area contributed by atoms with Crippen LogP contribution in [0.3, 0.4) is 0 Å². The van der Waals surface area contributed by atoms with E-state index in [2.05, 4.69) is 18.7 Å². The van der Waals surface area contributed by atoms with Gasteiger partial charge in [0.15, 0.2) is 0 Å². The zero-order chi connectivity index (χ0) is 11.1. The summed E-state index contributed by atoms with van der Waals surface area (Å²) in [4.78, 5) is 16.1. The molecule has 0 aromatic heterocycles. The van der Waals surface area contributed by atoms with Gasteiger partial charge in [-0.05, 0) is 31.8 Å². The van der Waals surface area contributed by atoms with Crippen molar-refractivity contribution < 1.29 is 4.79 Å². The van der Waals surface area contributed by atoms with E-state index < -0.39 is 0 Å². The van der Waals surface area contributed by atoms with Crippen molar-refractivity contribution in [3.8, 4) is 0 Å². The number of carbonyl (C=O) groups is 1. The molecule has 86 valence electrons. The van der Waals surface area contributed by atoms with Crippen molar-refractivity contribution in [2.75, 3.05) is 33.2 Å². The van der Waals surface area contributed by atoms with Crippen LogP contribution in [-0.2, 0) is 4.79 Å². The molecule has 2 fully saturated rings. The zero-order valence-corrected chi connectivity index (χ0v) is 10.1. The predicted molar refractivity (Wildman–Crippen MR) is 60.6 cm³/mol. The molecule has 0 radical (unpaired) electrons. The van der Waals surface area contributed by atoms with Gasteiger partial charge in [-0.3, -0.25) is 4.79 Å². The first-order chi connectivity index (χ1) is 7.03. The number of rotatable bonds is 2. The van der Waals surface area contributed by atoms with Gasteiger partial charge in [0.2, 0.25) is 5.91 Å². The Bertz CT molecular complexity index is 254. The standard InChI is InChI=1S/C12H22N2O/c1-10(2)8-14-6-4-12(5-7-14)9-13(3)11(12)15/h10H,4-9H2,1-3H3. The Hall–Kier alpha value is -0.570. The molecule has 0 aliphatic carbocycles. The first-order valence-corrected chi connectivity index (χ1v) is 6.01. The van der Waals surface area contributed by atoms with Crippen molar-refractivity contribution in [3.63, 3.8) is 0 Å². The molecule has 0 atom stereocenters. The minimum atomic E-state index is 0.0439. The molecular weight excluding hydrogens is 188 g/mol. The van der Waals surface area contributed by atoms with Crippen molar-refractivity contribution in [1.82, 2.24) is 9.80 Å². The lowest BCUT2D eigenvalue weighted by molar-refractivity contribution is -0.162. The van der Waals surface area contributed by atoms with Gasteiger partial charge in [0.05, 0.1) is 5.41 Å². The second-order valence-electron chi connectivity index (χ2n) is 5.64. The van der Waals surface area contributed by atoms with E-state index in [1.165, 1.54) is 6.54 Å². The van der Waals surface area contributed by atoms with Crippen LogP contribution in [0, 0.1) is 11.3 Å². The van der Waals surface area contributed by atoms with Crippen LogP contribution in [0.5, 0.6) is 0 Å². The summed E-state index contributed by atoms with van der Waals surface area (Å²) in [7, 11) is 1.91. The SMILES string of the molecule is CC(C)CN1CCC2(CC1)CN(C)C2=O. The van der Waals surface area contributed by atoms with Gasteiger partial charge in [0.1, 0.15) is 0 Å². The minimum absolute atomic E-state index is 0.0439. The van der Waals surface area contributed by atoms with E-state index in [4.69, 9.17) is 0 Å². The van der Waals surface area contributed by atoms with Crippen LogP contribution in [0.25, 0.3) is 0 Å². The quantitative estimate of drug-likeness (QED) is 0.639. The van der Waals surface area contributed by atoms with Gasteiger partial charge in [-0.25, -0.2) is 0 Å². The Morgan fingerprint density at radius 2 is 1.93 bits per heavy atom. The Balaban J connectivity index is 1.85. The summed E-state index contributed by atoms with van der Waals surface area (Å²) in [5.74, 6) is 1.12. The van der Waals surface area contributed by atoms with E-state index in [0.717, 1.165) is 38.4 Å². The van der Waals surface area contributed by atoms with E-state index >= 15 is 0 Å². The molecule has 15 heavy (non-hydrogen) atoms. The maximum atomic E-state index is 11.8. The van der Waals surface area contributed by atoms with Crippen molar-refractivity contribution in [1.29, 1.82) is 0 Å². The van der Waals surface area contributed by atoms with E-state index in [1.807, 2.05) is 11.9 Å². The topological polar surface area (TPSA) is 23.6 Å². The second-order valence-corrected chi connectivity index (χ2v) is 5.64. The minimum Gasteiger partial charge on any atom is -0.344 e. The molecule has 1 spiro atoms. The van der Waals surface area contributed by atoms with E-state index in [9.17, 15) is 4.79 Å². The summed E-state index contributed by atoms with van der Waals surface area (Å²) in [5.41, 5.74) is 0.0439. The van der Waals surface area contributed by atoms with E-state index in [0.29, 0.717) is 5.91 Å². The number of β-lactam (4-membered cyclic amide) rings is 1. The van der Waals surface area contributed by atoms with Gasteiger partial charge in [0, 0.05) is 20.1 Å². The summed E-state index contributed by atoms with van der Waals surface area (Å²) < 4.78 is 0. The molecule has 1 amide bonds. The molecule has 0 bridgehead atoms. The molecule has 0 aromatic rings. The van der Waals surface area contributed by atoms with Crippen LogP contribution in [0.15, 0.2) is 0 Å². The lowest BCUT2D eigenvalue weighted by atomic mass is 9.71. The Kier molecular flexibility index (Phi) is 2.75. The highest BCUT2D eigenvalue weighted by Gasteiger charge is 2.51. The van der Waals surface area contributed by atoms with Crippen molar-refractivity contribution in [3.05, 3.63) is 0 Å². The molecule has 0 unspecified atom stereocenters. The van der Waals surface area contributed by atoms with Gasteiger partial charge in [0.25, 0.3) is 0 Å². The summed E-state index contributed by atoms with van der Waals surface area (Å²) in [5, 5.41) is 0. The summed E-state index contributed by atoms with van der Waals surface area (Å²) in [6.07, 6.45) is 2.14. The highest BCUT2D eigenvalue weighted by molar-refractivity contribution is 5.88. The van der Waals surface area contributed by atoms with E-state index in [1.54, 1.807) is 0 Å². The lowest BCUT2D eigenvalue weighted by Gasteiger charge is -2.51. The average molecular weight is 210 g/mol. The molecule has 3 heteroatoms. The number of piperidine rings is 1. The molecule has 0 N–H and O–H groups in total. The van der Waals surface area contributed by atoms with Gasteiger partial charge in [-0.15, -0.1) is 0 Å². The molecule has 2 saturated heterocycles. The van der Waals surface area contributed by atoms with Crippen LogP contribution in [-0.4, -0.2) is 48.9 Å². The van der Waals surface area contributed by atoms with Gasteiger partial charge in [-0.1, -0.05) is 13.8 Å². The molecule has 2 heterocycles. The Labute approximate surface area is 92.4 Å². The fraction of sp³-hybridized carbons (Fsp3) is 0.917. The number of carbonyl (C=O) groups excluding carboxylic acids is 1. The zero-order valence-electron chi connectivity index (χ0n) is 10.1. The molecule has 2 rings (SSSR count). The van der Waals surface area contributed by atoms with Crippen LogP contribution in [0.1, 0.15) is 26.7 Å². The first kappa shape index (κ1) is 10.9. The Morgan fingerprint density at radius 3 is 2.33 bits per heavy atom. The van der Waals surface area contributed by atoms with Crippen molar-refractivity contribution in [2.45, 2.75) is 26.7 Å².